The molecule has 0 aliphatic carbocycles. The van der Waals surface area contributed by atoms with E-state index in [1.54, 1.807) is 0 Å². The molecule has 1 nitrogen and oxygen atoms in total. The summed E-state index contributed by atoms with van der Waals surface area (Å²) in [7, 11) is 2.17. The normalized spacial score (nSPS) is 12.8. The van der Waals surface area contributed by atoms with Gasteiger partial charge in [0.15, 0.2) is 0 Å². The molecule has 24 heavy (non-hydrogen) atoms. The van der Waals surface area contributed by atoms with Gasteiger partial charge in [-0.25, -0.2) is 0 Å². The molecule has 0 saturated carbocycles. The molecule has 0 rings (SSSR count). The molecule has 0 aromatic heterocycles. The van der Waals surface area contributed by atoms with Crippen LogP contribution >= 0.6 is 0 Å². The van der Waals surface area contributed by atoms with Gasteiger partial charge < -0.3 is 4.74 Å². The Morgan fingerprint density at radius 1 is 0.833 bits per heavy atom. The van der Waals surface area contributed by atoms with Gasteiger partial charge in [-0.15, -0.1) is 0 Å². The molecular formula is C22H44BO. The molecule has 0 N–H and O–H groups in total. The van der Waals surface area contributed by atoms with Crippen LogP contribution in [0.2, 0.25) is 13.1 Å². The molecule has 0 aliphatic rings. The second-order valence-electron chi connectivity index (χ2n) is 7.33. The zero-order chi connectivity index (χ0) is 17.7. The Balaban J connectivity index is 3.23. The van der Waals surface area contributed by atoms with Crippen LogP contribution in [-0.4, -0.2) is 20.5 Å². The minimum absolute atomic E-state index is 0.755. The average Bonchev–Trinajstić information content (AvgIpc) is 2.59. The standard InChI is InChI=1S/C22H44BO/c1-4-5-6-7-8-9-10-11-14-17-22(2)18-15-12-13-16-20-24-21-19-23-3/h14,17,22H,4-13,15-16,18-21H2,1-3H3/b17-14+. The van der Waals surface area contributed by atoms with Crippen molar-refractivity contribution in [2.45, 2.75) is 110 Å². The van der Waals surface area contributed by atoms with E-state index in [4.69, 9.17) is 4.74 Å². The smallest absolute Gasteiger partial charge is 0.108 e. The van der Waals surface area contributed by atoms with E-state index in [-0.39, 0.29) is 0 Å². The lowest BCUT2D eigenvalue weighted by Gasteiger charge is -2.06. The molecular weight excluding hydrogens is 291 g/mol. The SMILES string of the molecule is C[B]CCOCCCCCCC(C)/C=C/CCCCCCCCC. The molecule has 0 amide bonds. The van der Waals surface area contributed by atoms with Crippen molar-refractivity contribution in [3.8, 4) is 0 Å². The van der Waals surface area contributed by atoms with Crippen LogP contribution in [0.15, 0.2) is 12.2 Å². The monoisotopic (exact) mass is 335 g/mol. The summed E-state index contributed by atoms with van der Waals surface area (Å²) in [5.41, 5.74) is 0. The third-order valence-electron chi connectivity index (χ3n) is 4.69. The summed E-state index contributed by atoms with van der Waals surface area (Å²) in [5.74, 6) is 0.755. The lowest BCUT2D eigenvalue weighted by molar-refractivity contribution is 0.143. The zero-order valence-corrected chi connectivity index (χ0v) is 17.0. The number of rotatable bonds is 19. The first kappa shape index (κ1) is 23.8. The summed E-state index contributed by atoms with van der Waals surface area (Å²) in [6.45, 7) is 8.59. The summed E-state index contributed by atoms with van der Waals surface area (Å²) in [6.07, 6.45) is 23.7. The van der Waals surface area contributed by atoms with E-state index in [0.29, 0.717) is 0 Å². The van der Waals surface area contributed by atoms with E-state index in [1.165, 1.54) is 83.5 Å². The molecule has 0 saturated heterocycles. The maximum absolute atomic E-state index is 5.57. The van der Waals surface area contributed by atoms with Gasteiger partial charge in [-0.1, -0.05) is 96.9 Å². The van der Waals surface area contributed by atoms with E-state index in [9.17, 15) is 0 Å². The van der Waals surface area contributed by atoms with E-state index in [1.807, 2.05) is 0 Å². The summed E-state index contributed by atoms with van der Waals surface area (Å²) in [4.78, 5) is 0. The Hall–Kier alpha value is -0.235. The molecule has 1 atom stereocenters. The highest BCUT2D eigenvalue weighted by Crippen LogP contribution is 2.13. The van der Waals surface area contributed by atoms with Crippen LogP contribution in [0.1, 0.15) is 97.3 Å². The topological polar surface area (TPSA) is 9.23 Å². The third kappa shape index (κ3) is 19.8. The number of ether oxygens (including phenoxy) is 1. The Morgan fingerprint density at radius 3 is 2.25 bits per heavy atom. The first-order chi connectivity index (χ1) is 11.8. The van der Waals surface area contributed by atoms with Gasteiger partial charge in [0, 0.05) is 13.2 Å². The molecule has 1 unspecified atom stereocenters. The minimum Gasteiger partial charge on any atom is -0.382 e. The largest absolute Gasteiger partial charge is 0.382 e. The average molecular weight is 335 g/mol. The van der Waals surface area contributed by atoms with Crippen LogP contribution in [0.5, 0.6) is 0 Å². The Bertz CT molecular complexity index is 252. The van der Waals surface area contributed by atoms with Crippen molar-refractivity contribution in [1.29, 1.82) is 0 Å². The van der Waals surface area contributed by atoms with Crippen LogP contribution in [0.3, 0.4) is 0 Å². The molecule has 0 aliphatic heterocycles. The third-order valence-corrected chi connectivity index (χ3v) is 4.69. The van der Waals surface area contributed by atoms with E-state index in [0.717, 1.165) is 25.5 Å². The minimum atomic E-state index is 0.755. The van der Waals surface area contributed by atoms with Crippen LogP contribution in [0.4, 0.5) is 0 Å². The van der Waals surface area contributed by atoms with E-state index >= 15 is 0 Å². The van der Waals surface area contributed by atoms with Crippen LogP contribution in [0, 0.1) is 5.92 Å². The molecule has 141 valence electrons. The molecule has 0 spiro atoms. The zero-order valence-electron chi connectivity index (χ0n) is 17.0. The van der Waals surface area contributed by atoms with Crippen molar-refractivity contribution in [3.05, 3.63) is 12.2 Å². The van der Waals surface area contributed by atoms with E-state index in [2.05, 4.69) is 40.1 Å². The van der Waals surface area contributed by atoms with Gasteiger partial charge in [0.05, 0.1) is 0 Å². The van der Waals surface area contributed by atoms with Crippen molar-refractivity contribution < 1.29 is 4.74 Å². The van der Waals surface area contributed by atoms with Gasteiger partial charge in [0.25, 0.3) is 0 Å². The highest BCUT2D eigenvalue weighted by Gasteiger charge is 1.98. The summed E-state index contributed by atoms with van der Waals surface area (Å²) >= 11 is 0. The fourth-order valence-corrected chi connectivity index (χ4v) is 2.97. The predicted octanol–water partition coefficient (Wildman–Crippen LogP) is 7.46. The fourth-order valence-electron chi connectivity index (χ4n) is 2.97. The van der Waals surface area contributed by atoms with Crippen molar-refractivity contribution in [3.63, 3.8) is 0 Å². The lowest BCUT2D eigenvalue weighted by Crippen LogP contribution is -1.98. The first-order valence-electron chi connectivity index (χ1n) is 10.8. The van der Waals surface area contributed by atoms with Crippen LogP contribution in [0.25, 0.3) is 0 Å². The highest BCUT2D eigenvalue weighted by molar-refractivity contribution is 6.33. The Kier molecular flexibility index (Phi) is 20.6. The summed E-state index contributed by atoms with van der Waals surface area (Å²) in [6, 6.07) is 0. The van der Waals surface area contributed by atoms with Crippen LogP contribution < -0.4 is 0 Å². The molecule has 0 fully saturated rings. The maximum atomic E-state index is 5.57. The quantitative estimate of drug-likeness (QED) is 0.135. The molecule has 0 aromatic rings. The predicted molar refractivity (Wildman–Crippen MR) is 111 cm³/mol. The summed E-state index contributed by atoms with van der Waals surface area (Å²) in [5, 5.41) is 0. The van der Waals surface area contributed by atoms with Gasteiger partial charge >= 0.3 is 0 Å². The molecule has 0 heterocycles. The molecule has 1 radical (unpaired) electrons. The van der Waals surface area contributed by atoms with E-state index < -0.39 is 0 Å². The Morgan fingerprint density at radius 2 is 1.50 bits per heavy atom. The maximum Gasteiger partial charge on any atom is 0.108 e. The highest BCUT2D eigenvalue weighted by atomic mass is 16.5. The Labute approximate surface area is 154 Å². The fraction of sp³-hybridized carbons (Fsp3) is 0.909. The molecule has 0 bridgehead atoms. The number of hydrogen-bond acceptors (Lipinski definition) is 1. The van der Waals surface area contributed by atoms with Gasteiger partial charge in [0.2, 0.25) is 0 Å². The number of allylic oxidation sites excluding steroid dienone is 2. The van der Waals surface area contributed by atoms with Crippen molar-refractivity contribution in [2.75, 3.05) is 13.2 Å². The van der Waals surface area contributed by atoms with Gasteiger partial charge in [-0.3, -0.25) is 0 Å². The van der Waals surface area contributed by atoms with Crippen molar-refractivity contribution in [1.82, 2.24) is 0 Å². The second-order valence-corrected chi connectivity index (χ2v) is 7.33. The molecule has 2 heteroatoms. The lowest BCUT2D eigenvalue weighted by atomic mass is 9.79. The van der Waals surface area contributed by atoms with Gasteiger partial charge in [-0.2, -0.15) is 0 Å². The van der Waals surface area contributed by atoms with Gasteiger partial charge in [0.1, 0.15) is 7.28 Å². The van der Waals surface area contributed by atoms with Crippen molar-refractivity contribution in [2.24, 2.45) is 5.92 Å². The summed E-state index contributed by atoms with van der Waals surface area (Å²) < 4.78 is 5.57. The first-order valence-corrected chi connectivity index (χ1v) is 10.8. The van der Waals surface area contributed by atoms with Crippen LogP contribution in [-0.2, 0) is 4.74 Å². The second kappa shape index (κ2) is 20.8. The molecule has 0 aromatic carbocycles. The van der Waals surface area contributed by atoms with Crippen molar-refractivity contribution >= 4 is 7.28 Å². The number of unbranched alkanes of at least 4 members (excludes halogenated alkanes) is 10. The van der Waals surface area contributed by atoms with Gasteiger partial charge in [-0.05, 0) is 31.6 Å². The number of hydrogen-bond donors (Lipinski definition) is 0.